The Bertz CT molecular complexity index is 334. The summed E-state index contributed by atoms with van der Waals surface area (Å²) in [7, 11) is 2.97. The van der Waals surface area contributed by atoms with Gasteiger partial charge in [0.25, 0.3) is 0 Å². The normalized spacial score (nSPS) is 13.3. The van der Waals surface area contributed by atoms with Crippen molar-refractivity contribution in [1.82, 2.24) is 15.5 Å². The number of carbonyl (C=O) groups is 3. The van der Waals surface area contributed by atoms with E-state index in [2.05, 4.69) is 10.6 Å². The lowest BCUT2D eigenvalue weighted by Gasteiger charge is -2.23. The minimum Gasteiger partial charge on any atom is -0.480 e. The molecule has 0 saturated carbocycles. The molecule has 0 aromatic rings. The predicted molar refractivity (Wildman–Crippen MR) is 67.5 cm³/mol. The van der Waals surface area contributed by atoms with Crippen LogP contribution in [0.5, 0.6) is 0 Å². The van der Waals surface area contributed by atoms with Crippen LogP contribution in [0.25, 0.3) is 0 Å². The van der Waals surface area contributed by atoms with Crippen LogP contribution in [0.15, 0.2) is 0 Å². The Morgan fingerprint density at radius 3 is 2.32 bits per heavy atom. The molecule has 0 bridgehead atoms. The number of nitrogens with one attached hydrogen (secondary N) is 2. The average molecular weight is 275 g/mol. The fourth-order valence-corrected chi connectivity index (χ4v) is 1.47. The molecule has 2 atom stereocenters. The minimum absolute atomic E-state index is 0.0695. The highest BCUT2D eigenvalue weighted by Gasteiger charge is 2.23. The van der Waals surface area contributed by atoms with Crippen LogP contribution in [0, 0.1) is 5.92 Å². The Kier molecular flexibility index (Phi) is 7.50. The van der Waals surface area contributed by atoms with Gasteiger partial charge in [0.2, 0.25) is 5.91 Å². The van der Waals surface area contributed by atoms with Crippen LogP contribution in [-0.2, 0) is 9.59 Å². The molecule has 0 spiro atoms. The summed E-state index contributed by atoms with van der Waals surface area (Å²) in [6.07, 6.45) is -0.0695. The molecule has 8 heteroatoms. The maximum Gasteiger partial charge on any atom is 0.326 e. The molecule has 3 amide bonds. The maximum atomic E-state index is 11.7. The van der Waals surface area contributed by atoms with E-state index in [4.69, 9.17) is 10.2 Å². The Balaban J connectivity index is 4.40. The number of hydrogen-bond donors (Lipinski definition) is 4. The molecule has 0 heterocycles. The first-order valence-electron chi connectivity index (χ1n) is 5.90. The van der Waals surface area contributed by atoms with Crippen molar-refractivity contribution in [2.24, 2.45) is 5.92 Å². The second-order valence-electron chi connectivity index (χ2n) is 4.25. The van der Waals surface area contributed by atoms with Crippen LogP contribution >= 0.6 is 0 Å². The molecule has 0 aromatic carbocycles. The van der Waals surface area contributed by atoms with Crippen molar-refractivity contribution in [1.29, 1.82) is 0 Å². The fraction of sp³-hybridized carbons (Fsp3) is 0.727. The molecule has 0 aliphatic heterocycles. The van der Waals surface area contributed by atoms with E-state index in [9.17, 15) is 14.4 Å². The molecule has 0 aromatic heterocycles. The van der Waals surface area contributed by atoms with Crippen molar-refractivity contribution in [2.45, 2.75) is 19.4 Å². The number of aliphatic hydroxyl groups excluding tert-OH is 1. The Hall–Kier alpha value is -1.83. The number of carboxylic acids is 1. The first-order chi connectivity index (χ1) is 8.83. The molecular formula is C11H21N3O5. The van der Waals surface area contributed by atoms with Gasteiger partial charge in [-0.15, -0.1) is 0 Å². The zero-order valence-electron chi connectivity index (χ0n) is 11.3. The van der Waals surface area contributed by atoms with Gasteiger partial charge in [-0.3, -0.25) is 4.79 Å². The first kappa shape index (κ1) is 17.2. The number of nitrogens with zero attached hydrogens (tertiary/aromatic N) is 1. The number of carboxylic acid groups (broad SMARTS) is 1. The molecule has 8 nitrogen and oxygen atoms in total. The second-order valence-corrected chi connectivity index (χ2v) is 4.25. The van der Waals surface area contributed by atoms with E-state index in [-0.39, 0.29) is 25.5 Å². The molecule has 4 N–H and O–H groups in total. The molecule has 0 radical (unpaired) electrons. The van der Waals surface area contributed by atoms with Gasteiger partial charge in [0.15, 0.2) is 0 Å². The standard InChI is InChI=1S/C11H21N3O5/c1-7(9(16)12-2)6-14(3)11(19)13-8(4-5-15)10(17)18/h7-8,15H,4-6H2,1-3H3,(H,12,16)(H,13,19)(H,17,18)/t7?,8-/m0/s1. The summed E-state index contributed by atoms with van der Waals surface area (Å²) < 4.78 is 0. The molecule has 1 unspecified atom stereocenters. The van der Waals surface area contributed by atoms with Crippen molar-refractivity contribution in [2.75, 3.05) is 27.2 Å². The molecule has 0 saturated heterocycles. The number of rotatable bonds is 7. The van der Waals surface area contributed by atoms with E-state index in [1.165, 1.54) is 19.0 Å². The van der Waals surface area contributed by atoms with Crippen LogP contribution in [0.4, 0.5) is 4.79 Å². The zero-order chi connectivity index (χ0) is 15.0. The van der Waals surface area contributed by atoms with Gasteiger partial charge in [0, 0.05) is 33.7 Å². The SMILES string of the molecule is CNC(=O)C(C)CN(C)C(=O)N[C@@H](CCO)C(=O)O. The summed E-state index contributed by atoms with van der Waals surface area (Å²) in [5, 5.41) is 22.3. The van der Waals surface area contributed by atoms with Crippen LogP contribution in [0.3, 0.4) is 0 Å². The lowest BCUT2D eigenvalue weighted by Crippen LogP contribution is -2.48. The molecule has 110 valence electrons. The number of urea groups is 1. The van der Waals surface area contributed by atoms with Crippen molar-refractivity contribution >= 4 is 17.9 Å². The van der Waals surface area contributed by atoms with E-state index in [0.717, 1.165) is 0 Å². The van der Waals surface area contributed by atoms with Crippen molar-refractivity contribution in [3.63, 3.8) is 0 Å². The van der Waals surface area contributed by atoms with Gasteiger partial charge >= 0.3 is 12.0 Å². The molecule has 0 fully saturated rings. The highest BCUT2D eigenvalue weighted by atomic mass is 16.4. The predicted octanol–water partition coefficient (Wildman–Crippen LogP) is -1.15. The number of hydrogen-bond acceptors (Lipinski definition) is 4. The Morgan fingerprint density at radius 2 is 1.89 bits per heavy atom. The molecule has 0 rings (SSSR count). The zero-order valence-corrected chi connectivity index (χ0v) is 11.3. The summed E-state index contributed by atoms with van der Waals surface area (Å²) >= 11 is 0. The van der Waals surface area contributed by atoms with Crippen LogP contribution in [0.2, 0.25) is 0 Å². The largest absolute Gasteiger partial charge is 0.480 e. The quantitative estimate of drug-likeness (QED) is 0.467. The Labute approximate surface area is 111 Å². The third-order valence-electron chi connectivity index (χ3n) is 2.60. The van der Waals surface area contributed by atoms with E-state index in [0.29, 0.717) is 0 Å². The van der Waals surface area contributed by atoms with Gasteiger partial charge in [-0.05, 0) is 0 Å². The van der Waals surface area contributed by atoms with Gasteiger partial charge in [0.05, 0.1) is 5.92 Å². The molecule has 19 heavy (non-hydrogen) atoms. The number of aliphatic carboxylic acids is 1. The van der Waals surface area contributed by atoms with Crippen molar-refractivity contribution < 1.29 is 24.6 Å². The lowest BCUT2D eigenvalue weighted by atomic mass is 10.1. The summed E-state index contributed by atoms with van der Waals surface area (Å²) in [5.74, 6) is -1.82. The van der Waals surface area contributed by atoms with E-state index >= 15 is 0 Å². The number of carbonyl (C=O) groups excluding carboxylic acids is 2. The van der Waals surface area contributed by atoms with Crippen LogP contribution in [-0.4, -0.2) is 66.3 Å². The first-order valence-corrected chi connectivity index (χ1v) is 5.90. The fourth-order valence-electron chi connectivity index (χ4n) is 1.47. The lowest BCUT2D eigenvalue weighted by molar-refractivity contribution is -0.139. The minimum atomic E-state index is -1.21. The summed E-state index contributed by atoms with van der Waals surface area (Å²) in [6, 6.07) is -1.74. The van der Waals surface area contributed by atoms with Gasteiger partial charge in [-0.1, -0.05) is 6.92 Å². The highest BCUT2D eigenvalue weighted by molar-refractivity contribution is 5.83. The molecule has 0 aliphatic carbocycles. The van der Waals surface area contributed by atoms with Crippen molar-refractivity contribution in [3.05, 3.63) is 0 Å². The summed E-state index contributed by atoms with van der Waals surface area (Å²) in [5.41, 5.74) is 0. The average Bonchev–Trinajstić information content (AvgIpc) is 2.36. The molecule has 0 aliphatic rings. The van der Waals surface area contributed by atoms with Gasteiger partial charge in [0.1, 0.15) is 6.04 Å². The van der Waals surface area contributed by atoms with Gasteiger partial charge < -0.3 is 25.7 Å². The van der Waals surface area contributed by atoms with E-state index in [1.807, 2.05) is 0 Å². The highest BCUT2D eigenvalue weighted by Crippen LogP contribution is 2.00. The topological polar surface area (TPSA) is 119 Å². The van der Waals surface area contributed by atoms with Crippen molar-refractivity contribution in [3.8, 4) is 0 Å². The number of amides is 3. The maximum absolute atomic E-state index is 11.7. The van der Waals surface area contributed by atoms with E-state index < -0.39 is 24.0 Å². The third kappa shape index (κ3) is 6.05. The third-order valence-corrected chi connectivity index (χ3v) is 2.60. The Morgan fingerprint density at radius 1 is 1.32 bits per heavy atom. The van der Waals surface area contributed by atoms with Crippen LogP contribution in [0.1, 0.15) is 13.3 Å². The smallest absolute Gasteiger partial charge is 0.326 e. The number of aliphatic hydroxyl groups is 1. The summed E-state index contributed by atoms with van der Waals surface area (Å²) in [6.45, 7) is 1.48. The molecular weight excluding hydrogens is 254 g/mol. The monoisotopic (exact) mass is 275 g/mol. The van der Waals surface area contributed by atoms with E-state index in [1.54, 1.807) is 6.92 Å². The van der Waals surface area contributed by atoms with Crippen LogP contribution < -0.4 is 10.6 Å². The van der Waals surface area contributed by atoms with Gasteiger partial charge in [-0.25, -0.2) is 9.59 Å². The second kappa shape index (κ2) is 8.30. The van der Waals surface area contributed by atoms with Gasteiger partial charge in [-0.2, -0.15) is 0 Å². The summed E-state index contributed by atoms with van der Waals surface area (Å²) in [4.78, 5) is 35.1.